The topological polar surface area (TPSA) is 70.5 Å². The maximum Gasteiger partial charge on any atom is 0.433 e. The van der Waals surface area contributed by atoms with E-state index in [0.29, 0.717) is 6.07 Å². The predicted molar refractivity (Wildman–Crippen MR) is 80.6 cm³/mol. The molecule has 0 unspecified atom stereocenters. The Hall–Kier alpha value is -3.10. The Morgan fingerprint density at radius 2 is 1.88 bits per heavy atom. The van der Waals surface area contributed by atoms with Crippen molar-refractivity contribution in [1.29, 1.82) is 0 Å². The van der Waals surface area contributed by atoms with E-state index in [2.05, 4.69) is 14.7 Å². The van der Waals surface area contributed by atoms with Crippen LogP contribution in [-0.2, 0) is 20.4 Å². The second-order valence-corrected chi connectivity index (χ2v) is 4.60. The molecular formula is C16H13F3N2O4. The maximum absolute atomic E-state index is 12.7. The molecule has 1 heterocycles. The first-order chi connectivity index (χ1) is 11.9. The molecule has 0 spiro atoms. The van der Waals surface area contributed by atoms with Crippen LogP contribution in [0.15, 0.2) is 42.9 Å². The molecule has 2 aromatic rings. The molecule has 0 fully saturated rings. The van der Waals surface area contributed by atoms with E-state index in [1.807, 2.05) is 0 Å². The summed E-state index contributed by atoms with van der Waals surface area (Å²) < 4.78 is 53.1. The second kappa shape index (κ2) is 7.65. The van der Waals surface area contributed by atoms with Gasteiger partial charge in [-0.25, -0.2) is 14.8 Å². The van der Waals surface area contributed by atoms with E-state index in [1.54, 1.807) is 12.1 Å². The molecule has 0 saturated carbocycles. The molecule has 9 heteroatoms. The van der Waals surface area contributed by atoms with Gasteiger partial charge in [0, 0.05) is 11.6 Å². The summed E-state index contributed by atoms with van der Waals surface area (Å²) in [6.07, 6.45) is -2.74. The molecule has 0 atom stereocenters. The number of hydrogen-bond donors (Lipinski definition) is 0. The zero-order valence-electron chi connectivity index (χ0n) is 13.2. The number of esters is 1. The Kier molecular flexibility index (Phi) is 5.58. The van der Waals surface area contributed by atoms with Gasteiger partial charge in [0.05, 0.1) is 20.5 Å². The maximum atomic E-state index is 12.7. The first-order valence-corrected chi connectivity index (χ1v) is 6.84. The second-order valence-electron chi connectivity index (χ2n) is 4.60. The normalized spacial score (nSPS) is 11.8. The van der Waals surface area contributed by atoms with E-state index in [0.717, 1.165) is 12.6 Å². The van der Waals surface area contributed by atoms with Crippen LogP contribution >= 0.6 is 0 Å². The van der Waals surface area contributed by atoms with Crippen LogP contribution in [0, 0.1) is 0 Å². The zero-order valence-corrected chi connectivity index (χ0v) is 13.2. The van der Waals surface area contributed by atoms with Crippen LogP contribution < -0.4 is 4.74 Å². The predicted octanol–water partition coefficient (Wildman–Crippen LogP) is 3.45. The fraction of sp³-hybridized carbons (Fsp3) is 0.188. The Bertz CT molecular complexity index is 791. The highest BCUT2D eigenvalue weighted by atomic mass is 19.4. The van der Waals surface area contributed by atoms with Crippen molar-refractivity contribution in [2.45, 2.75) is 6.18 Å². The van der Waals surface area contributed by atoms with E-state index in [1.165, 1.54) is 26.4 Å². The van der Waals surface area contributed by atoms with Gasteiger partial charge in [-0.1, -0.05) is 18.2 Å². The lowest BCUT2D eigenvalue weighted by Crippen LogP contribution is -2.09. The SMILES string of the molecule is CO/C=C(/C(=O)OC)c1ccccc1Oc1cc(C(F)(F)F)ncn1. The molecule has 0 amide bonds. The number of carbonyl (C=O) groups is 1. The number of ether oxygens (including phenoxy) is 3. The van der Waals surface area contributed by atoms with Crippen LogP contribution in [0.5, 0.6) is 11.6 Å². The van der Waals surface area contributed by atoms with Gasteiger partial charge in [-0.05, 0) is 6.07 Å². The number of rotatable bonds is 5. The highest BCUT2D eigenvalue weighted by Gasteiger charge is 2.33. The van der Waals surface area contributed by atoms with Gasteiger partial charge in [-0.15, -0.1) is 0 Å². The molecule has 2 rings (SSSR count). The fourth-order valence-electron chi connectivity index (χ4n) is 1.89. The highest BCUT2D eigenvalue weighted by molar-refractivity contribution is 6.17. The number of carbonyl (C=O) groups excluding carboxylic acids is 1. The summed E-state index contributed by atoms with van der Waals surface area (Å²) in [5, 5.41) is 0. The number of aromatic nitrogens is 2. The van der Waals surface area contributed by atoms with Gasteiger partial charge in [-0.3, -0.25) is 0 Å². The molecule has 25 heavy (non-hydrogen) atoms. The molecule has 1 aromatic carbocycles. The van der Waals surface area contributed by atoms with Gasteiger partial charge in [0.15, 0.2) is 5.69 Å². The molecule has 0 radical (unpaired) electrons. The summed E-state index contributed by atoms with van der Waals surface area (Å²) in [6.45, 7) is 0. The smallest absolute Gasteiger partial charge is 0.433 e. The number of hydrogen-bond acceptors (Lipinski definition) is 6. The van der Waals surface area contributed by atoms with E-state index in [9.17, 15) is 18.0 Å². The minimum atomic E-state index is -4.63. The Morgan fingerprint density at radius 3 is 2.52 bits per heavy atom. The van der Waals surface area contributed by atoms with Crippen LogP contribution in [0.4, 0.5) is 13.2 Å². The monoisotopic (exact) mass is 354 g/mol. The summed E-state index contributed by atoms with van der Waals surface area (Å²) in [5.41, 5.74) is -0.843. The molecule has 0 aliphatic carbocycles. The fourth-order valence-corrected chi connectivity index (χ4v) is 1.89. The third-order valence-electron chi connectivity index (χ3n) is 2.97. The minimum Gasteiger partial charge on any atom is -0.503 e. The summed E-state index contributed by atoms with van der Waals surface area (Å²) in [7, 11) is 2.53. The Morgan fingerprint density at radius 1 is 1.16 bits per heavy atom. The number of halogens is 3. The van der Waals surface area contributed by atoms with Crippen LogP contribution in [0.2, 0.25) is 0 Å². The number of methoxy groups -OCH3 is 2. The lowest BCUT2D eigenvalue weighted by molar-refractivity contribution is -0.141. The first kappa shape index (κ1) is 18.2. The van der Waals surface area contributed by atoms with Crippen LogP contribution in [0.3, 0.4) is 0 Å². The van der Waals surface area contributed by atoms with Crippen LogP contribution in [0.1, 0.15) is 11.3 Å². The van der Waals surface area contributed by atoms with Gasteiger partial charge in [0.25, 0.3) is 0 Å². The number of para-hydroxylation sites is 1. The van der Waals surface area contributed by atoms with E-state index in [-0.39, 0.29) is 22.8 Å². The average molecular weight is 354 g/mol. The summed E-state index contributed by atoms with van der Waals surface area (Å²) in [5.74, 6) is -0.920. The van der Waals surface area contributed by atoms with Gasteiger partial charge in [0.2, 0.25) is 5.88 Å². The molecule has 0 saturated heterocycles. The van der Waals surface area contributed by atoms with Crippen molar-refractivity contribution in [3.8, 4) is 11.6 Å². The Labute approximate surface area is 140 Å². The molecule has 6 nitrogen and oxygen atoms in total. The van der Waals surface area contributed by atoms with Crippen molar-refractivity contribution in [1.82, 2.24) is 9.97 Å². The van der Waals surface area contributed by atoms with Gasteiger partial charge >= 0.3 is 12.1 Å². The van der Waals surface area contributed by atoms with Gasteiger partial charge < -0.3 is 14.2 Å². The lowest BCUT2D eigenvalue weighted by atomic mass is 10.1. The summed E-state index contributed by atoms with van der Waals surface area (Å²) in [6, 6.07) is 6.87. The largest absolute Gasteiger partial charge is 0.503 e. The molecule has 0 N–H and O–H groups in total. The Balaban J connectivity index is 2.42. The standard InChI is InChI=1S/C16H13F3N2O4/c1-23-8-11(15(22)24-2)10-5-3-4-6-12(10)25-14-7-13(16(17,18)19)20-9-21-14/h3-9H,1-2H3/b11-8+. The number of nitrogens with zero attached hydrogens (tertiary/aromatic N) is 2. The van der Waals surface area contributed by atoms with Gasteiger partial charge in [0.1, 0.15) is 17.6 Å². The van der Waals surface area contributed by atoms with Crippen molar-refractivity contribution in [3.63, 3.8) is 0 Å². The van der Waals surface area contributed by atoms with E-state index < -0.39 is 17.8 Å². The highest BCUT2D eigenvalue weighted by Crippen LogP contribution is 2.33. The molecule has 0 aliphatic rings. The average Bonchev–Trinajstić information content (AvgIpc) is 2.59. The van der Waals surface area contributed by atoms with Crippen molar-refractivity contribution in [2.75, 3.05) is 14.2 Å². The van der Waals surface area contributed by atoms with E-state index in [4.69, 9.17) is 9.47 Å². The third kappa shape index (κ3) is 4.46. The molecule has 132 valence electrons. The molecule has 0 bridgehead atoms. The third-order valence-corrected chi connectivity index (χ3v) is 2.97. The van der Waals surface area contributed by atoms with E-state index >= 15 is 0 Å². The quantitative estimate of drug-likeness (QED) is 0.465. The van der Waals surface area contributed by atoms with Crippen LogP contribution in [0.25, 0.3) is 5.57 Å². The number of alkyl halides is 3. The first-order valence-electron chi connectivity index (χ1n) is 6.84. The van der Waals surface area contributed by atoms with Crippen LogP contribution in [-0.4, -0.2) is 30.2 Å². The van der Waals surface area contributed by atoms with Gasteiger partial charge in [-0.2, -0.15) is 13.2 Å². The molecular weight excluding hydrogens is 341 g/mol. The summed E-state index contributed by atoms with van der Waals surface area (Å²) in [4.78, 5) is 18.7. The molecule has 1 aromatic heterocycles. The molecule has 0 aliphatic heterocycles. The zero-order chi connectivity index (χ0) is 18.4. The van der Waals surface area contributed by atoms with Crippen molar-refractivity contribution in [2.24, 2.45) is 0 Å². The lowest BCUT2D eigenvalue weighted by Gasteiger charge is -2.12. The minimum absolute atomic E-state index is 0.0331. The number of benzene rings is 1. The van der Waals surface area contributed by atoms with Crippen molar-refractivity contribution < 1.29 is 32.2 Å². The van der Waals surface area contributed by atoms with Crippen molar-refractivity contribution >= 4 is 11.5 Å². The van der Waals surface area contributed by atoms with Crippen molar-refractivity contribution in [3.05, 3.63) is 54.2 Å². The summed E-state index contributed by atoms with van der Waals surface area (Å²) >= 11 is 0.